The van der Waals surface area contributed by atoms with Crippen LogP contribution in [0.2, 0.25) is 0 Å². The van der Waals surface area contributed by atoms with Crippen molar-refractivity contribution in [2.24, 2.45) is 0 Å². The molecule has 0 saturated heterocycles. The molecule has 0 radical (unpaired) electrons. The summed E-state index contributed by atoms with van der Waals surface area (Å²) >= 11 is 3.96. The molecule has 4 aromatic rings. The van der Waals surface area contributed by atoms with Crippen LogP contribution in [-0.2, 0) is 9.48 Å². The van der Waals surface area contributed by atoms with Gasteiger partial charge in [-0.3, -0.25) is 0 Å². The van der Waals surface area contributed by atoms with Gasteiger partial charge in [-0.05, 0) is 51.4 Å². The van der Waals surface area contributed by atoms with E-state index in [1.165, 1.54) is 16.7 Å². The zero-order valence-corrected chi connectivity index (χ0v) is 20.5. The van der Waals surface area contributed by atoms with Crippen molar-refractivity contribution < 1.29 is 9.53 Å². The van der Waals surface area contributed by atoms with Gasteiger partial charge in [0.15, 0.2) is 0 Å². The van der Waals surface area contributed by atoms with Crippen molar-refractivity contribution in [1.29, 1.82) is 0 Å². The third kappa shape index (κ3) is 4.92. The van der Waals surface area contributed by atoms with Crippen LogP contribution < -0.4 is 0 Å². The molecule has 0 N–H and O–H groups in total. The Kier molecular flexibility index (Phi) is 7.66. The molecule has 0 heterocycles. The number of hydrogen-bond acceptors (Lipinski definition) is 3. The number of carbonyl (C=O) groups excluding carboxylic acids is 1. The number of benzene rings is 4. The number of halogens is 1. The highest BCUT2D eigenvalue weighted by Gasteiger charge is 2.36. The molecule has 0 amide bonds. The summed E-state index contributed by atoms with van der Waals surface area (Å²) in [6, 6.07) is 39.1. The van der Waals surface area contributed by atoms with Crippen molar-refractivity contribution in [3.05, 3.63) is 141 Å². The fraction of sp³-hybridized carbons (Fsp3) is 0.107. The maximum Gasteiger partial charge on any atom is 0.339 e. The fourth-order valence-electron chi connectivity index (χ4n) is 3.80. The molecule has 4 rings (SSSR count). The monoisotopic (exact) mass is 550 g/mol. The van der Waals surface area contributed by atoms with Crippen molar-refractivity contribution in [3.63, 3.8) is 0 Å². The summed E-state index contributed by atoms with van der Waals surface area (Å²) in [5, 5.41) is 0. The third-order valence-corrected chi connectivity index (χ3v) is 7.72. The van der Waals surface area contributed by atoms with E-state index in [1.54, 1.807) is 17.8 Å². The lowest BCUT2D eigenvalue weighted by Gasteiger charge is -2.35. The highest BCUT2D eigenvalue weighted by Crippen LogP contribution is 2.48. The van der Waals surface area contributed by atoms with Gasteiger partial charge in [0.1, 0.15) is 6.61 Å². The number of rotatable bonds is 8. The van der Waals surface area contributed by atoms with Crippen molar-refractivity contribution >= 4 is 40.3 Å². The van der Waals surface area contributed by atoms with Gasteiger partial charge in [0.2, 0.25) is 0 Å². The number of ether oxygens (including phenoxy) is 1. The maximum absolute atomic E-state index is 12.6. The van der Waals surface area contributed by atoms with Crippen LogP contribution in [0.1, 0.15) is 27.0 Å². The molecular formula is C28H23IO2S. The Bertz CT molecular complexity index is 1050. The zero-order valence-electron chi connectivity index (χ0n) is 17.5. The summed E-state index contributed by atoms with van der Waals surface area (Å²) in [6.45, 7) is 0.336. The van der Waals surface area contributed by atoms with E-state index in [0.717, 1.165) is 3.57 Å². The highest BCUT2D eigenvalue weighted by molar-refractivity contribution is 14.1. The summed E-state index contributed by atoms with van der Waals surface area (Å²) in [6.07, 6.45) is 0. The second-order valence-corrected chi connectivity index (χ2v) is 9.71. The molecule has 160 valence electrons. The molecule has 0 bridgehead atoms. The zero-order chi connectivity index (χ0) is 22.2. The first-order valence-corrected chi connectivity index (χ1v) is 12.5. The van der Waals surface area contributed by atoms with Gasteiger partial charge in [0.25, 0.3) is 0 Å². The molecule has 0 atom stereocenters. The molecule has 0 aliphatic rings. The van der Waals surface area contributed by atoms with Crippen LogP contribution in [0, 0.1) is 3.57 Å². The molecule has 0 aromatic heterocycles. The number of esters is 1. The van der Waals surface area contributed by atoms with E-state index in [0.29, 0.717) is 17.9 Å². The van der Waals surface area contributed by atoms with Crippen LogP contribution >= 0.6 is 34.4 Å². The van der Waals surface area contributed by atoms with Gasteiger partial charge in [0.05, 0.1) is 10.3 Å². The van der Waals surface area contributed by atoms with E-state index in [4.69, 9.17) is 4.74 Å². The van der Waals surface area contributed by atoms with Crippen LogP contribution in [0.25, 0.3) is 0 Å². The molecule has 32 heavy (non-hydrogen) atoms. The van der Waals surface area contributed by atoms with Gasteiger partial charge in [-0.2, -0.15) is 0 Å². The van der Waals surface area contributed by atoms with Crippen LogP contribution in [0.3, 0.4) is 0 Å². The van der Waals surface area contributed by atoms with Gasteiger partial charge < -0.3 is 4.74 Å². The van der Waals surface area contributed by atoms with E-state index in [-0.39, 0.29) is 5.97 Å². The second-order valence-electron chi connectivity index (χ2n) is 7.24. The minimum Gasteiger partial charge on any atom is -0.461 e. The molecule has 0 spiro atoms. The minimum atomic E-state index is -0.405. The Morgan fingerprint density at radius 3 is 1.59 bits per heavy atom. The molecule has 2 nitrogen and oxygen atoms in total. The fourth-order valence-corrected chi connectivity index (χ4v) is 5.79. The summed E-state index contributed by atoms with van der Waals surface area (Å²) in [5.41, 5.74) is 4.21. The van der Waals surface area contributed by atoms with Crippen LogP contribution in [0.5, 0.6) is 0 Å². The topological polar surface area (TPSA) is 26.3 Å². The van der Waals surface area contributed by atoms with Crippen molar-refractivity contribution in [1.82, 2.24) is 0 Å². The molecule has 4 heteroatoms. The Morgan fingerprint density at radius 2 is 1.12 bits per heavy atom. The first-order chi connectivity index (χ1) is 15.7. The molecule has 0 unspecified atom stereocenters. The van der Waals surface area contributed by atoms with E-state index in [9.17, 15) is 4.79 Å². The Hall–Kier alpha value is -2.57. The normalized spacial score (nSPS) is 11.2. The van der Waals surface area contributed by atoms with Gasteiger partial charge >= 0.3 is 5.97 Å². The average Bonchev–Trinajstić information content (AvgIpc) is 2.86. The Balaban J connectivity index is 1.63. The van der Waals surface area contributed by atoms with Crippen molar-refractivity contribution in [3.8, 4) is 0 Å². The lowest BCUT2D eigenvalue weighted by atomic mass is 9.84. The maximum atomic E-state index is 12.6. The quantitative estimate of drug-likeness (QED) is 0.101. The summed E-state index contributed by atoms with van der Waals surface area (Å²) in [5.74, 6) is 0.383. The predicted octanol–water partition coefficient (Wildman–Crippen LogP) is 7.17. The lowest BCUT2D eigenvalue weighted by molar-refractivity contribution is 0.0529. The van der Waals surface area contributed by atoms with Crippen molar-refractivity contribution in [2.45, 2.75) is 4.75 Å². The van der Waals surface area contributed by atoms with E-state index in [1.807, 2.05) is 36.4 Å². The van der Waals surface area contributed by atoms with Crippen LogP contribution in [-0.4, -0.2) is 18.3 Å². The van der Waals surface area contributed by atoms with Crippen molar-refractivity contribution in [2.75, 3.05) is 12.4 Å². The average molecular weight is 550 g/mol. The highest BCUT2D eigenvalue weighted by atomic mass is 127. The molecule has 0 fully saturated rings. The van der Waals surface area contributed by atoms with Crippen LogP contribution in [0.15, 0.2) is 115 Å². The minimum absolute atomic E-state index is 0.277. The first-order valence-electron chi connectivity index (χ1n) is 10.4. The van der Waals surface area contributed by atoms with E-state index >= 15 is 0 Å². The molecule has 0 saturated carbocycles. The summed E-state index contributed by atoms with van der Waals surface area (Å²) in [4.78, 5) is 12.6. The van der Waals surface area contributed by atoms with Gasteiger partial charge in [-0.1, -0.05) is 103 Å². The van der Waals surface area contributed by atoms with Gasteiger partial charge in [-0.25, -0.2) is 4.79 Å². The van der Waals surface area contributed by atoms with E-state index in [2.05, 4.69) is 95.4 Å². The van der Waals surface area contributed by atoms with Crippen LogP contribution in [0.4, 0.5) is 0 Å². The summed E-state index contributed by atoms with van der Waals surface area (Å²) in [7, 11) is 0. The third-order valence-electron chi connectivity index (χ3n) is 5.27. The first kappa shape index (κ1) is 22.6. The molecule has 0 aliphatic heterocycles. The Morgan fingerprint density at radius 1 is 0.688 bits per heavy atom. The lowest BCUT2D eigenvalue weighted by Crippen LogP contribution is -2.27. The SMILES string of the molecule is O=C(OCCSC(c1ccccc1)(c1ccccc1)c1ccccc1)c1ccccc1I. The molecular weight excluding hydrogens is 527 g/mol. The second kappa shape index (κ2) is 10.8. The predicted molar refractivity (Wildman–Crippen MR) is 141 cm³/mol. The largest absolute Gasteiger partial charge is 0.461 e. The number of thioether (sulfide) groups is 1. The molecule has 4 aromatic carbocycles. The standard InChI is InChI=1S/C28H23IO2S/c29-26-19-11-10-18-25(26)27(30)31-20-21-32-28(22-12-4-1-5-13-22,23-14-6-2-7-15-23)24-16-8-3-9-17-24/h1-19H,20-21H2. The smallest absolute Gasteiger partial charge is 0.339 e. The number of hydrogen-bond donors (Lipinski definition) is 0. The molecule has 0 aliphatic carbocycles. The van der Waals surface area contributed by atoms with Gasteiger partial charge in [0, 0.05) is 9.32 Å². The van der Waals surface area contributed by atoms with Gasteiger partial charge in [-0.15, -0.1) is 11.8 Å². The number of carbonyl (C=O) groups is 1. The Labute approximate surface area is 207 Å². The van der Waals surface area contributed by atoms with E-state index < -0.39 is 4.75 Å². The summed E-state index contributed by atoms with van der Waals surface area (Å²) < 4.78 is 6.14.